The van der Waals surface area contributed by atoms with E-state index >= 15 is 0 Å². The smallest absolute Gasteiger partial charge is 0.145 e. The number of ether oxygens (including phenoxy) is 1. The first kappa shape index (κ1) is 14.9. The predicted molar refractivity (Wildman–Crippen MR) is 73.7 cm³/mol. The Morgan fingerprint density at radius 2 is 2.11 bits per heavy atom. The van der Waals surface area contributed by atoms with Gasteiger partial charge in [-0.25, -0.2) is 8.78 Å². The summed E-state index contributed by atoms with van der Waals surface area (Å²) >= 11 is 3.06. The Bertz CT molecular complexity index is 449. The number of rotatable bonds is 5. The van der Waals surface area contributed by atoms with Crippen molar-refractivity contribution in [2.24, 2.45) is 11.7 Å². The largest absolute Gasteiger partial charge is 0.378 e. The van der Waals surface area contributed by atoms with E-state index in [0.29, 0.717) is 25.0 Å². The van der Waals surface area contributed by atoms with Crippen molar-refractivity contribution in [3.05, 3.63) is 33.8 Å². The van der Waals surface area contributed by atoms with Crippen molar-refractivity contribution >= 4 is 15.9 Å². The van der Waals surface area contributed by atoms with Crippen LogP contribution in [-0.2, 0) is 4.74 Å². The van der Waals surface area contributed by atoms with Crippen LogP contribution in [0.3, 0.4) is 0 Å². The average Bonchev–Trinajstić information content (AvgIpc) is 2.32. The van der Waals surface area contributed by atoms with Crippen LogP contribution in [0.4, 0.5) is 8.78 Å². The molecule has 1 unspecified atom stereocenters. The molecule has 0 saturated heterocycles. The van der Waals surface area contributed by atoms with Gasteiger partial charge in [-0.05, 0) is 60.2 Å². The van der Waals surface area contributed by atoms with E-state index in [-0.39, 0.29) is 10.0 Å². The molecule has 2 nitrogen and oxygen atoms in total. The molecule has 1 aromatic carbocycles. The molecule has 0 spiro atoms. The zero-order valence-electron chi connectivity index (χ0n) is 10.8. The van der Waals surface area contributed by atoms with Crippen molar-refractivity contribution < 1.29 is 13.5 Å². The van der Waals surface area contributed by atoms with Crippen molar-refractivity contribution in [3.63, 3.8) is 0 Å². The summed E-state index contributed by atoms with van der Waals surface area (Å²) in [5.41, 5.74) is 5.93. The molecule has 0 amide bonds. The van der Waals surface area contributed by atoms with Gasteiger partial charge in [-0.2, -0.15) is 0 Å². The molecule has 0 radical (unpaired) electrons. The lowest BCUT2D eigenvalue weighted by Gasteiger charge is -2.36. The van der Waals surface area contributed by atoms with Gasteiger partial charge >= 0.3 is 0 Å². The van der Waals surface area contributed by atoms with Gasteiger partial charge in [0.25, 0.3) is 0 Å². The van der Waals surface area contributed by atoms with E-state index < -0.39 is 17.7 Å². The van der Waals surface area contributed by atoms with Crippen molar-refractivity contribution in [2.75, 3.05) is 6.61 Å². The Morgan fingerprint density at radius 3 is 2.74 bits per heavy atom. The van der Waals surface area contributed by atoms with Gasteiger partial charge in [-0.15, -0.1) is 0 Å². The first-order valence-electron chi connectivity index (χ1n) is 6.53. The molecule has 0 bridgehead atoms. The lowest BCUT2D eigenvalue weighted by Crippen LogP contribution is -2.33. The van der Waals surface area contributed by atoms with Crippen LogP contribution < -0.4 is 5.73 Å². The van der Waals surface area contributed by atoms with Gasteiger partial charge in [-0.1, -0.05) is 0 Å². The Labute approximate surface area is 120 Å². The average molecular weight is 334 g/mol. The number of hydrogen-bond acceptors (Lipinski definition) is 2. The topological polar surface area (TPSA) is 35.2 Å². The van der Waals surface area contributed by atoms with Gasteiger partial charge < -0.3 is 10.5 Å². The van der Waals surface area contributed by atoms with Crippen LogP contribution in [0.15, 0.2) is 16.6 Å². The van der Waals surface area contributed by atoms with Crippen LogP contribution in [-0.4, -0.2) is 12.7 Å². The molecule has 1 aliphatic rings. The number of nitrogens with two attached hydrogens (primary N) is 1. The molecule has 106 valence electrons. The maximum atomic E-state index is 13.9. The summed E-state index contributed by atoms with van der Waals surface area (Å²) < 4.78 is 33.3. The summed E-state index contributed by atoms with van der Waals surface area (Å²) in [5, 5.41) is 0. The van der Waals surface area contributed by atoms with E-state index in [2.05, 4.69) is 15.9 Å². The third-order valence-corrected chi connectivity index (χ3v) is 4.24. The zero-order chi connectivity index (χ0) is 14.0. The molecular formula is C14H18BrF2NO. The van der Waals surface area contributed by atoms with Crippen molar-refractivity contribution in [2.45, 2.75) is 38.3 Å². The van der Waals surface area contributed by atoms with Crippen LogP contribution in [0, 0.1) is 17.6 Å². The molecule has 0 aliphatic heterocycles. The predicted octanol–water partition coefficient (Wildman–Crippen LogP) is 3.93. The fraction of sp³-hybridized carbons (Fsp3) is 0.571. The standard InChI is InChI=1S/C14H18BrF2NO/c1-2-19-9-5-8(6-9)7-12(18)13-11(16)4-3-10(15)14(13)17/h3-4,8-9,12H,2,5-7,18H2,1H3. The van der Waals surface area contributed by atoms with Gasteiger partial charge in [0.1, 0.15) is 11.6 Å². The third kappa shape index (κ3) is 3.33. The lowest BCUT2D eigenvalue weighted by atomic mass is 9.77. The van der Waals surface area contributed by atoms with Gasteiger partial charge in [0.05, 0.1) is 10.6 Å². The summed E-state index contributed by atoms with van der Waals surface area (Å²) in [6, 6.07) is 1.99. The Morgan fingerprint density at radius 1 is 1.42 bits per heavy atom. The normalized spacial score (nSPS) is 24.1. The molecular weight excluding hydrogens is 316 g/mol. The van der Waals surface area contributed by atoms with E-state index in [1.807, 2.05) is 6.92 Å². The fourth-order valence-corrected chi connectivity index (χ4v) is 2.94. The van der Waals surface area contributed by atoms with E-state index in [1.165, 1.54) is 12.1 Å². The molecule has 0 heterocycles. The molecule has 1 saturated carbocycles. The molecule has 19 heavy (non-hydrogen) atoms. The van der Waals surface area contributed by atoms with Crippen molar-refractivity contribution in [3.8, 4) is 0 Å². The molecule has 1 aromatic rings. The quantitative estimate of drug-likeness (QED) is 0.828. The highest BCUT2D eigenvalue weighted by molar-refractivity contribution is 9.10. The summed E-state index contributed by atoms with van der Waals surface area (Å²) in [6.07, 6.45) is 2.74. The van der Waals surface area contributed by atoms with Crippen LogP contribution in [0.25, 0.3) is 0 Å². The van der Waals surface area contributed by atoms with E-state index in [0.717, 1.165) is 12.8 Å². The number of hydrogen-bond donors (Lipinski definition) is 1. The molecule has 1 aliphatic carbocycles. The molecule has 1 fully saturated rings. The van der Waals surface area contributed by atoms with E-state index in [4.69, 9.17) is 10.5 Å². The highest BCUT2D eigenvalue weighted by atomic mass is 79.9. The second-order valence-electron chi connectivity index (χ2n) is 5.01. The van der Waals surface area contributed by atoms with Crippen molar-refractivity contribution in [1.29, 1.82) is 0 Å². The summed E-state index contributed by atoms with van der Waals surface area (Å²) in [7, 11) is 0. The second-order valence-corrected chi connectivity index (χ2v) is 5.87. The van der Waals surface area contributed by atoms with Crippen LogP contribution >= 0.6 is 15.9 Å². The lowest BCUT2D eigenvalue weighted by molar-refractivity contribution is -0.0283. The fourth-order valence-electron chi connectivity index (χ4n) is 2.60. The minimum atomic E-state index is -0.606. The monoisotopic (exact) mass is 333 g/mol. The van der Waals surface area contributed by atoms with E-state index in [1.54, 1.807) is 0 Å². The second kappa shape index (κ2) is 6.29. The highest BCUT2D eigenvalue weighted by Crippen LogP contribution is 2.37. The Balaban J connectivity index is 1.98. The Kier molecular flexibility index (Phi) is 4.92. The summed E-state index contributed by atoms with van der Waals surface area (Å²) in [4.78, 5) is 0. The molecule has 1 atom stereocenters. The molecule has 2 rings (SSSR count). The van der Waals surface area contributed by atoms with Crippen LogP contribution in [0.2, 0.25) is 0 Å². The Hall–Kier alpha value is -0.520. The minimum Gasteiger partial charge on any atom is -0.378 e. The van der Waals surface area contributed by atoms with Gasteiger partial charge in [0, 0.05) is 18.2 Å². The van der Waals surface area contributed by atoms with Gasteiger partial charge in [0.15, 0.2) is 0 Å². The van der Waals surface area contributed by atoms with Gasteiger partial charge in [-0.3, -0.25) is 0 Å². The van der Waals surface area contributed by atoms with Gasteiger partial charge in [0.2, 0.25) is 0 Å². The summed E-state index contributed by atoms with van der Waals surface area (Å²) in [5.74, 6) is -0.772. The third-order valence-electron chi connectivity index (χ3n) is 3.63. The zero-order valence-corrected chi connectivity index (χ0v) is 12.4. The van der Waals surface area contributed by atoms with Crippen LogP contribution in [0.5, 0.6) is 0 Å². The molecule has 2 N–H and O–H groups in total. The maximum absolute atomic E-state index is 13.9. The van der Waals surface area contributed by atoms with E-state index in [9.17, 15) is 8.78 Å². The van der Waals surface area contributed by atoms with Crippen LogP contribution in [0.1, 0.15) is 37.8 Å². The first-order valence-corrected chi connectivity index (χ1v) is 7.32. The number of halogens is 3. The highest BCUT2D eigenvalue weighted by Gasteiger charge is 2.32. The summed E-state index contributed by atoms with van der Waals surface area (Å²) in [6.45, 7) is 2.67. The first-order chi connectivity index (χ1) is 9.02. The number of benzene rings is 1. The molecule has 0 aromatic heterocycles. The van der Waals surface area contributed by atoms with Crippen molar-refractivity contribution in [1.82, 2.24) is 0 Å². The molecule has 5 heteroatoms. The maximum Gasteiger partial charge on any atom is 0.145 e. The SMILES string of the molecule is CCOC1CC(CC(N)c2c(F)ccc(Br)c2F)C1. The minimum absolute atomic E-state index is 0.0192.